The van der Waals surface area contributed by atoms with Crippen LogP contribution in [0.15, 0.2) is 60.8 Å². The number of esters is 3. The number of hydrogen-bond acceptors (Lipinski definition) is 6. The maximum absolute atomic E-state index is 12.9. The largest absolute Gasteiger partial charge is 0.462 e. The predicted molar refractivity (Wildman–Crippen MR) is 316 cm³/mol. The van der Waals surface area contributed by atoms with Crippen molar-refractivity contribution in [3.8, 4) is 0 Å². The van der Waals surface area contributed by atoms with Gasteiger partial charge in [0.15, 0.2) is 6.10 Å². The second-order valence-corrected chi connectivity index (χ2v) is 21.3. The maximum Gasteiger partial charge on any atom is 0.306 e. The third-order valence-electron chi connectivity index (χ3n) is 14.0. The van der Waals surface area contributed by atoms with Gasteiger partial charge in [0, 0.05) is 19.3 Å². The van der Waals surface area contributed by atoms with Crippen molar-refractivity contribution in [2.24, 2.45) is 0 Å². The van der Waals surface area contributed by atoms with Crippen molar-refractivity contribution in [2.45, 2.75) is 335 Å². The number of allylic oxidation sites excluding steroid dienone is 10. The fourth-order valence-electron chi connectivity index (χ4n) is 9.25. The minimum Gasteiger partial charge on any atom is -0.462 e. The fourth-order valence-corrected chi connectivity index (χ4v) is 9.25. The van der Waals surface area contributed by atoms with Gasteiger partial charge in [-0.15, -0.1) is 0 Å². The number of unbranched alkanes of at least 4 members (excludes halogenated alkanes) is 37. The molecule has 0 heterocycles. The molecule has 0 saturated carbocycles. The molecule has 0 aromatic heterocycles. The molecule has 0 spiro atoms. The highest BCUT2D eigenvalue weighted by molar-refractivity contribution is 5.71. The second kappa shape index (κ2) is 61.7. The van der Waals surface area contributed by atoms with Gasteiger partial charge in [0.2, 0.25) is 0 Å². The highest BCUT2D eigenvalue weighted by atomic mass is 16.6. The van der Waals surface area contributed by atoms with Crippen molar-refractivity contribution in [1.29, 1.82) is 0 Å². The standard InChI is InChI=1S/C67H120O6/c1-4-7-10-13-16-19-22-25-28-30-31-32-33-34-35-37-39-42-45-48-51-54-57-60-66(69)72-63-64(62-71-65(68)59-56-53-50-47-44-41-38-27-24-21-18-15-12-9-6-3)73-67(70)61-58-55-52-49-46-43-40-36-29-26-23-20-17-14-11-8-5-2/h9,12,18,21-22,25,27,30-31,38,64H,4-8,10-11,13-17,19-20,23-24,26,28-29,32-37,39-63H2,1-3H3/b12-9-,21-18-,25-22-,31-30-,38-27-. The van der Waals surface area contributed by atoms with Crippen LogP contribution in [0.2, 0.25) is 0 Å². The lowest BCUT2D eigenvalue weighted by molar-refractivity contribution is -0.167. The smallest absolute Gasteiger partial charge is 0.306 e. The zero-order valence-electron chi connectivity index (χ0n) is 48.7. The van der Waals surface area contributed by atoms with Crippen LogP contribution in [0.5, 0.6) is 0 Å². The van der Waals surface area contributed by atoms with E-state index in [0.717, 1.165) is 103 Å². The van der Waals surface area contributed by atoms with Crippen molar-refractivity contribution in [1.82, 2.24) is 0 Å². The van der Waals surface area contributed by atoms with Crippen LogP contribution in [0.3, 0.4) is 0 Å². The summed E-state index contributed by atoms with van der Waals surface area (Å²) in [5.41, 5.74) is 0. The average Bonchev–Trinajstić information content (AvgIpc) is 3.39. The fraction of sp³-hybridized carbons (Fsp3) is 0.806. The first kappa shape index (κ1) is 70.1. The van der Waals surface area contributed by atoms with Crippen LogP contribution >= 0.6 is 0 Å². The Morgan fingerprint density at radius 1 is 0.288 bits per heavy atom. The molecule has 0 bridgehead atoms. The maximum atomic E-state index is 12.9. The van der Waals surface area contributed by atoms with Gasteiger partial charge >= 0.3 is 17.9 Å². The molecule has 1 unspecified atom stereocenters. The summed E-state index contributed by atoms with van der Waals surface area (Å²) in [6, 6.07) is 0. The summed E-state index contributed by atoms with van der Waals surface area (Å²) >= 11 is 0. The molecule has 424 valence electrons. The molecular formula is C67H120O6. The van der Waals surface area contributed by atoms with E-state index in [1.54, 1.807) is 0 Å². The van der Waals surface area contributed by atoms with Gasteiger partial charge in [-0.2, -0.15) is 0 Å². The van der Waals surface area contributed by atoms with Gasteiger partial charge in [0.25, 0.3) is 0 Å². The zero-order chi connectivity index (χ0) is 52.9. The third-order valence-corrected chi connectivity index (χ3v) is 14.0. The molecule has 0 aliphatic carbocycles. The summed E-state index contributed by atoms with van der Waals surface area (Å²) in [5, 5.41) is 0. The first-order chi connectivity index (χ1) is 36.0. The molecule has 6 heteroatoms. The Bertz CT molecular complexity index is 1310. The Labute approximate surface area is 453 Å². The van der Waals surface area contributed by atoms with Crippen molar-refractivity contribution in [3.05, 3.63) is 60.8 Å². The number of carbonyl (C=O) groups is 3. The summed E-state index contributed by atoms with van der Waals surface area (Å²) < 4.78 is 16.9. The molecule has 73 heavy (non-hydrogen) atoms. The van der Waals surface area contributed by atoms with Crippen LogP contribution < -0.4 is 0 Å². The van der Waals surface area contributed by atoms with Gasteiger partial charge in [-0.3, -0.25) is 14.4 Å². The average molecular weight is 1020 g/mol. The molecule has 0 N–H and O–H groups in total. The molecule has 0 amide bonds. The first-order valence-corrected chi connectivity index (χ1v) is 31.8. The first-order valence-electron chi connectivity index (χ1n) is 31.8. The Balaban J connectivity index is 4.32. The second-order valence-electron chi connectivity index (χ2n) is 21.3. The molecule has 1 atom stereocenters. The monoisotopic (exact) mass is 1020 g/mol. The molecule has 0 aliphatic heterocycles. The van der Waals surface area contributed by atoms with Crippen LogP contribution in [-0.2, 0) is 28.6 Å². The molecule has 0 saturated heterocycles. The Morgan fingerprint density at radius 3 is 0.836 bits per heavy atom. The van der Waals surface area contributed by atoms with E-state index in [9.17, 15) is 14.4 Å². The van der Waals surface area contributed by atoms with Gasteiger partial charge in [-0.25, -0.2) is 0 Å². The number of hydrogen-bond donors (Lipinski definition) is 0. The summed E-state index contributed by atoms with van der Waals surface area (Å²) in [6.07, 6.45) is 77.9. The van der Waals surface area contributed by atoms with E-state index in [1.165, 1.54) is 186 Å². The lowest BCUT2D eigenvalue weighted by atomic mass is 10.0. The van der Waals surface area contributed by atoms with Crippen LogP contribution in [0.1, 0.15) is 329 Å². The summed E-state index contributed by atoms with van der Waals surface area (Å²) in [7, 11) is 0. The Kier molecular flexibility index (Phi) is 59.2. The van der Waals surface area contributed by atoms with E-state index in [1.807, 2.05) is 0 Å². The van der Waals surface area contributed by atoms with E-state index in [4.69, 9.17) is 14.2 Å². The molecular weight excluding hydrogens is 901 g/mol. The van der Waals surface area contributed by atoms with Crippen molar-refractivity contribution >= 4 is 17.9 Å². The lowest BCUT2D eigenvalue weighted by Gasteiger charge is -2.18. The zero-order valence-corrected chi connectivity index (χ0v) is 48.7. The highest BCUT2D eigenvalue weighted by Gasteiger charge is 2.19. The molecule has 6 nitrogen and oxygen atoms in total. The van der Waals surface area contributed by atoms with E-state index in [2.05, 4.69) is 81.5 Å². The predicted octanol–water partition coefficient (Wildman–Crippen LogP) is 21.6. The van der Waals surface area contributed by atoms with Crippen LogP contribution in [-0.4, -0.2) is 37.2 Å². The van der Waals surface area contributed by atoms with Crippen LogP contribution in [0.25, 0.3) is 0 Å². The van der Waals surface area contributed by atoms with E-state index < -0.39 is 6.10 Å². The molecule has 0 aliphatic rings. The van der Waals surface area contributed by atoms with Crippen molar-refractivity contribution < 1.29 is 28.6 Å². The lowest BCUT2D eigenvalue weighted by Crippen LogP contribution is -2.30. The molecule has 0 rings (SSSR count). The van der Waals surface area contributed by atoms with E-state index >= 15 is 0 Å². The topological polar surface area (TPSA) is 78.9 Å². The Hall–Kier alpha value is -2.89. The van der Waals surface area contributed by atoms with Gasteiger partial charge in [0.05, 0.1) is 0 Å². The third kappa shape index (κ3) is 59.9. The number of carbonyl (C=O) groups excluding carboxylic acids is 3. The molecule has 0 fully saturated rings. The highest BCUT2D eigenvalue weighted by Crippen LogP contribution is 2.17. The summed E-state index contributed by atoms with van der Waals surface area (Å²) in [5.74, 6) is -0.878. The molecule has 0 aromatic carbocycles. The quantitative estimate of drug-likeness (QED) is 0.0261. The Morgan fingerprint density at radius 2 is 0.534 bits per heavy atom. The van der Waals surface area contributed by atoms with Gasteiger partial charge in [-0.05, 0) is 83.5 Å². The number of rotatable bonds is 58. The molecule has 0 aromatic rings. The van der Waals surface area contributed by atoms with E-state index in [0.29, 0.717) is 19.3 Å². The van der Waals surface area contributed by atoms with Gasteiger partial charge in [0.1, 0.15) is 13.2 Å². The summed E-state index contributed by atoms with van der Waals surface area (Å²) in [4.78, 5) is 38.3. The van der Waals surface area contributed by atoms with E-state index in [-0.39, 0.29) is 31.1 Å². The minimum absolute atomic E-state index is 0.0778. The van der Waals surface area contributed by atoms with Crippen molar-refractivity contribution in [3.63, 3.8) is 0 Å². The summed E-state index contributed by atoms with van der Waals surface area (Å²) in [6.45, 7) is 6.55. The van der Waals surface area contributed by atoms with Gasteiger partial charge < -0.3 is 14.2 Å². The van der Waals surface area contributed by atoms with Gasteiger partial charge in [-0.1, -0.05) is 287 Å². The van der Waals surface area contributed by atoms with Crippen molar-refractivity contribution in [2.75, 3.05) is 13.2 Å². The number of ether oxygens (including phenoxy) is 3. The molecule has 0 radical (unpaired) electrons. The van der Waals surface area contributed by atoms with Crippen LogP contribution in [0, 0.1) is 0 Å². The SMILES string of the molecule is CC/C=C\C/C=C\C/C=C\CCCCCCCC(=O)OCC(COC(=O)CCCCCCCCCCCCC/C=C\C/C=C\CCCCCCC)OC(=O)CCCCCCCCCCCCCCCCCCC. The normalized spacial score (nSPS) is 12.4. The minimum atomic E-state index is -0.781. The van der Waals surface area contributed by atoms with Crippen LogP contribution in [0.4, 0.5) is 0 Å².